The van der Waals surface area contributed by atoms with Crippen LogP contribution < -0.4 is 4.90 Å². The van der Waals surface area contributed by atoms with Crippen LogP contribution in [0.2, 0.25) is 0 Å². The zero-order valence-corrected chi connectivity index (χ0v) is 29.6. The summed E-state index contributed by atoms with van der Waals surface area (Å²) in [6.45, 7) is 18.4. The van der Waals surface area contributed by atoms with Crippen molar-refractivity contribution in [3.8, 4) is 5.75 Å². The van der Waals surface area contributed by atoms with E-state index < -0.39 is 5.41 Å². The largest absolute Gasteiger partial charge is 0.507 e. The van der Waals surface area contributed by atoms with Gasteiger partial charge in [-0.15, -0.1) is 0 Å². The standard InChI is InChI=1S/C44H53N3O/c1-6-45(7-2)29-30-46(33-36-21-19-20-28-42(36)47(8-3)9-4)34-37-31-35(5)32-41(43(37)48)44(38-22-13-10-14-23-38,39-24-15-11-16-25-39)40-26-17-12-18-27-40/h10-28,31-32,48H,6-9,29-30,33-34H2,1-5H3. The lowest BCUT2D eigenvalue weighted by Gasteiger charge is -2.38. The molecule has 0 fully saturated rings. The van der Waals surface area contributed by atoms with Gasteiger partial charge >= 0.3 is 0 Å². The van der Waals surface area contributed by atoms with Crippen LogP contribution in [0.3, 0.4) is 0 Å². The summed E-state index contributed by atoms with van der Waals surface area (Å²) in [6, 6.07) is 45.2. The zero-order chi connectivity index (χ0) is 33.9. The van der Waals surface area contributed by atoms with Crippen molar-refractivity contribution in [3.63, 3.8) is 0 Å². The quantitative estimate of drug-likeness (QED) is 0.109. The van der Waals surface area contributed by atoms with Crippen LogP contribution in [0, 0.1) is 6.92 Å². The molecule has 0 aromatic heterocycles. The molecule has 0 aliphatic heterocycles. The monoisotopic (exact) mass is 639 g/mol. The maximum Gasteiger partial charge on any atom is 0.124 e. The van der Waals surface area contributed by atoms with Crippen molar-refractivity contribution in [2.75, 3.05) is 44.2 Å². The number of phenolic OH excluding ortho intramolecular Hbond substituents is 1. The fourth-order valence-corrected chi connectivity index (χ4v) is 7.33. The minimum Gasteiger partial charge on any atom is -0.507 e. The Balaban J connectivity index is 1.67. The smallest absolute Gasteiger partial charge is 0.124 e. The molecule has 48 heavy (non-hydrogen) atoms. The molecule has 0 spiro atoms. The van der Waals surface area contributed by atoms with Gasteiger partial charge in [-0.3, -0.25) is 4.90 Å². The van der Waals surface area contributed by atoms with Crippen LogP contribution in [0.4, 0.5) is 5.69 Å². The van der Waals surface area contributed by atoms with Crippen molar-refractivity contribution in [2.24, 2.45) is 0 Å². The summed E-state index contributed by atoms with van der Waals surface area (Å²) in [5.41, 5.74) is 8.28. The molecule has 4 heteroatoms. The molecule has 0 aliphatic carbocycles. The second-order valence-corrected chi connectivity index (χ2v) is 12.7. The Bertz CT molecular complexity index is 1600. The Labute approximate surface area is 289 Å². The van der Waals surface area contributed by atoms with Crippen molar-refractivity contribution in [1.29, 1.82) is 0 Å². The van der Waals surface area contributed by atoms with Crippen LogP contribution in [0.5, 0.6) is 5.75 Å². The first kappa shape index (κ1) is 34.9. The Morgan fingerprint density at radius 2 is 0.979 bits per heavy atom. The van der Waals surface area contributed by atoms with E-state index in [1.807, 2.05) is 0 Å². The fraction of sp³-hybridized carbons (Fsp3) is 0.318. The first-order valence-electron chi connectivity index (χ1n) is 17.7. The van der Waals surface area contributed by atoms with E-state index in [0.717, 1.165) is 79.2 Å². The number of phenols is 1. The van der Waals surface area contributed by atoms with E-state index in [2.05, 4.69) is 177 Å². The third-order valence-corrected chi connectivity index (χ3v) is 9.87. The molecule has 250 valence electrons. The van der Waals surface area contributed by atoms with Crippen molar-refractivity contribution in [3.05, 3.63) is 166 Å². The Morgan fingerprint density at radius 1 is 0.521 bits per heavy atom. The molecule has 0 amide bonds. The normalized spacial score (nSPS) is 11.7. The fourth-order valence-electron chi connectivity index (χ4n) is 7.33. The van der Waals surface area contributed by atoms with Crippen molar-refractivity contribution < 1.29 is 5.11 Å². The number of benzene rings is 5. The molecule has 4 nitrogen and oxygen atoms in total. The van der Waals surface area contributed by atoms with Gasteiger partial charge in [-0.2, -0.15) is 0 Å². The highest BCUT2D eigenvalue weighted by atomic mass is 16.3. The number of hydrogen-bond acceptors (Lipinski definition) is 4. The van der Waals surface area contributed by atoms with Crippen LogP contribution in [0.25, 0.3) is 0 Å². The zero-order valence-electron chi connectivity index (χ0n) is 29.6. The Kier molecular flexibility index (Phi) is 12.1. The Hall–Kier alpha value is -4.38. The predicted molar refractivity (Wildman–Crippen MR) is 203 cm³/mol. The molecule has 0 radical (unpaired) electrons. The number of aromatic hydroxyl groups is 1. The summed E-state index contributed by atoms with van der Waals surface area (Å²) in [4.78, 5) is 7.44. The maximum atomic E-state index is 12.6. The van der Waals surface area contributed by atoms with Crippen LogP contribution in [0.1, 0.15) is 66.6 Å². The molecular weight excluding hydrogens is 587 g/mol. The van der Waals surface area contributed by atoms with E-state index in [-0.39, 0.29) is 0 Å². The van der Waals surface area contributed by atoms with E-state index in [9.17, 15) is 5.11 Å². The van der Waals surface area contributed by atoms with Gasteiger partial charge in [0.2, 0.25) is 0 Å². The number of hydrogen-bond donors (Lipinski definition) is 1. The molecule has 5 aromatic rings. The molecule has 0 saturated carbocycles. The van der Waals surface area contributed by atoms with Gasteiger partial charge in [0, 0.05) is 56.1 Å². The Morgan fingerprint density at radius 3 is 1.48 bits per heavy atom. The average Bonchev–Trinajstić information content (AvgIpc) is 3.13. The van der Waals surface area contributed by atoms with Gasteiger partial charge in [-0.05, 0) is 62.2 Å². The topological polar surface area (TPSA) is 30.0 Å². The van der Waals surface area contributed by atoms with Crippen molar-refractivity contribution in [2.45, 2.75) is 53.1 Å². The molecular formula is C44H53N3O. The summed E-state index contributed by atoms with van der Waals surface area (Å²) < 4.78 is 0. The van der Waals surface area contributed by atoms with Gasteiger partial charge in [-0.1, -0.05) is 141 Å². The SMILES string of the molecule is CCN(CC)CCN(Cc1ccccc1N(CC)CC)Cc1cc(C)cc(C(c2ccccc2)(c2ccccc2)c2ccccc2)c1O. The minimum atomic E-state index is -0.712. The lowest BCUT2D eigenvalue weighted by Crippen LogP contribution is -2.35. The molecule has 5 aromatic carbocycles. The van der Waals surface area contributed by atoms with Gasteiger partial charge < -0.3 is 14.9 Å². The highest BCUT2D eigenvalue weighted by Gasteiger charge is 2.41. The summed E-state index contributed by atoms with van der Waals surface area (Å²) in [7, 11) is 0. The van der Waals surface area contributed by atoms with Crippen molar-refractivity contribution in [1.82, 2.24) is 9.80 Å². The first-order chi connectivity index (χ1) is 23.5. The van der Waals surface area contributed by atoms with Crippen molar-refractivity contribution >= 4 is 5.69 Å². The lowest BCUT2D eigenvalue weighted by molar-refractivity contribution is 0.200. The number of likely N-dealkylation sites (N-methyl/N-ethyl adjacent to an activating group) is 1. The van der Waals surface area contributed by atoms with Gasteiger partial charge in [0.1, 0.15) is 5.75 Å². The van der Waals surface area contributed by atoms with E-state index in [1.54, 1.807) is 0 Å². The van der Waals surface area contributed by atoms with Gasteiger partial charge in [-0.25, -0.2) is 0 Å². The van der Waals surface area contributed by atoms with E-state index in [4.69, 9.17) is 0 Å². The molecule has 5 rings (SSSR count). The van der Waals surface area contributed by atoms with Gasteiger partial charge in [0.25, 0.3) is 0 Å². The summed E-state index contributed by atoms with van der Waals surface area (Å²) in [6.07, 6.45) is 0. The second-order valence-electron chi connectivity index (χ2n) is 12.7. The lowest BCUT2D eigenvalue weighted by atomic mass is 9.64. The van der Waals surface area contributed by atoms with E-state index in [1.165, 1.54) is 11.3 Å². The van der Waals surface area contributed by atoms with Crippen LogP contribution in [0.15, 0.2) is 127 Å². The predicted octanol–water partition coefficient (Wildman–Crippen LogP) is 9.27. The molecule has 0 saturated heterocycles. The third kappa shape index (κ3) is 7.51. The summed E-state index contributed by atoms with van der Waals surface area (Å²) in [5, 5.41) is 12.6. The number of anilines is 1. The van der Waals surface area contributed by atoms with Crippen LogP contribution in [-0.2, 0) is 18.5 Å². The highest BCUT2D eigenvalue weighted by Crippen LogP contribution is 2.49. The van der Waals surface area contributed by atoms with Crippen LogP contribution >= 0.6 is 0 Å². The van der Waals surface area contributed by atoms with E-state index in [0.29, 0.717) is 12.3 Å². The van der Waals surface area contributed by atoms with Crippen LogP contribution in [-0.4, -0.2) is 54.2 Å². The molecule has 0 heterocycles. The third-order valence-electron chi connectivity index (χ3n) is 9.87. The number of nitrogens with zero attached hydrogens (tertiary/aromatic N) is 3. The number of aryl methyl sites for hydroxylation is 1. The second kappa shape index (κ2) is 16.6. The number of para-hydroxylation sites is 1. The van der Waals surface area contributed by atoms with Gasteiger partial charge in [0.05, 0.1) is 5.41 Å². The molecule has 0 aliphatic rings. The average molecular weight is 640 g/mol. The maximum absolute atomic E-state index is 12.6. The number of rotatable bonds is 16. The molecule has 0 atom stereocenters. The van der Waals surface area contributed by atoms with E-state index >= 15 is 0 Å². The first-order valence-corrected chi connectivity index (χ1v) is 17.7. The molecule has 0 unspecified atom stereocenters. The minimum absolute atomic E-state index is 0.363. The molecule has 0 bridgehead atoms. The summed E-state index contributed by atoms with van der Waals surface area (Å²) >= 11 is 0. The van der Waals surface area contributed by atoms with Gasteiger partial charge in [0.15, 0.2) is 0 Å². The highest BCUT2D eigenvalue weighted by molar-refractivity contribution is 5.65. The summed E-state index contributed by atoms with van der Waals surface area (Å²) in [5.74, 6) is 0.363. The molecule has 1 N–H and O–H groups in total.